The first kappa shape index (κ1) is 24.4. The number of hydrogen-bond donors (Lipinski definition) is 1. The van der Waals surface area contributed by atoms with Crippen LogP contribution in [-0.4, -0.2) is 42.0 Å². The molecule has 1 unspecified atom stereocenters. The van der Waals surface area contributed by atoms with Gasteiger partial charge in [0.2, 0.25) is 0 Å². The molecule has 0 aliphatic heterocycles. The van der Waals surface area contributed by atoms with Gasteiger partial charge >= 0.3 is 5.97 Å². The number of nitrogens with zero attached hydrogens (tertiary/aromatic N) is 5. The molecule has 0 amide bonds. The molecule has 2 aromatic heterocycles. The second-order valence-electron chi connectivity index (χ2n) is 10.7. The molecular formula is C30H33N5O3. The van der Waals surface area contributed by atoms with Gasteiger partial charge in [0.15, 0.2) is 0 Å². The van der Waals surface area contributed by atoms with Crippen molar-refractivity contribution in [2.75, 3.05) is 0 Å². The molecule has 2 aliphatic carbocycles. The maximum absolute atomic E-state index is 12.1. The molecule has 8 nitrogen and oxygen atoms in total. The van der Waals surface area contributed by atoms with E-state index in [4.69, 9.17) is 4.74 Å². The van der Waals surface area contributed by atoms with E-state index in [1.165, 1.54) is 38.3 Å². The molecule has 0 bridgehead atoms. The Balaban J connectivity index is 1.28. The molecule has 2 aliphatic rings. The minimum absolute atomic E-state index is 0.0296. The van der Waals surface area contributed by atoms with Crippen LogP contribution in [0.1, 0.15) is 79.0 Å². The second kappa shape index (κ2) is 10.1. The van der Waals surface area contributed by atoms with E-state index in [2.05, 4.69) is 46.6 Å². The number of ether oxygens (including phenoxy) is 1. The summed E-state index contributed by atoms with van der Waals surface area (Å²) in [7, 11) is 1.84. The van der Waals surface area contributed by atoms with E-state index in [0.717, 1.165) is 34.7 Å². The summed E-state index contributed by atoms with van der Waals surface area (Å²) >= 11 is 0. The highest BCUT2D eigenvalue weighted by atomic mass is 16.5. The molecule has 1 N–H and O–H groups in total. The summed E-state index contributed by atoms with van der Waals surface area (Å²) in [6.07, 6.45) is 10.8. The van der Waals surface area contributed by atoms with E-state index in [1.807, 2.05) is 37.5 Å². The summed E-state index contributed by atoms with van der Waals surface area (Å²) in [5, 5.41) is 22.7. The minimum atomic E-state index is -0.968. The highest BCUT2D eigenvalue weighted by molar-refractivity contribution is 5.89. The fraction of sp³-hybridized carbons (Fsp3) is 0.400. The number of benzene rings is 2. The Labute approximate surface area is 222 Å². The fourth-order valence-corrected chi connectivity index (χ4v) is 5.93. The van der Waals surface area contributed by atoms with Gasteiger partial charge in [0.25, 0.3) is 0 Å². The number of carboxylic acids is 1. The SMILES string of the molecule is C[C@H](Oc1cccc(-c2cccc(-n3ncc(C(=O)O)c3C3C[C@H]3c3cn(C)nn3)c2)c1)C1CCCCC1. The first-order valence-corrected chi connectivity index (χ1v) is 13.5. The third-order valence-corrected chi connectivity index (χ3v) is 8.07. The summed E-state index contributed by atoms with van der Waals surface area (Å²) in [5.41, 5.74) is 4.74. The molecule has 196 valence electrons. The van der Waals surface area contributed by atoms with Crippen molar-refractivity contribution >= 4 is 5.97 Å². The van der Waals surface area contributed by atoms with Gasteiger partial charge in [-0.1, -0.05) is 48.7 Å². The minimum Gasteiger partial charge on any atom is -0.490 e. The molecular weight excluding hydrogens is 478 g/mol. The number of rotatable bonds is 8. The van der Waals surface area contributed by atoms with Crippen molar-refractivity contribution in [1.82, 2.24) is 24.8 Å². The Morgan fingerprint density at radius 3 is 2.55 bits per heavy atom. The average Bonchev–Trinajstić information content (AvgIpc) is 3.38. The van der Waals surface area contributed by atoms with Crippen LogP contribution >= 0.6 is 0 Å². The third-order valence-electron chi connectivity index (χ3n) is 8.07. The largest absolute Gasteiger partial charge is 0.490 e. The Hall–Kier alpha value is -3.94. The van der Waals surface area contributed by atoms with Gasteiger partial charge < -0.3 is 9.84 Å². The molecule has 0 saturated heterocycles. The lowest BCUT2D eigenvalue weighted by molar-refractivity contribution is 0.0695. The molecule has 2 heterocycles. The van der Waals surface area contributed by atoms with Gasteiger partial charge in [0.05, 0.1) is 29.4 Å². The van der Waals surface area contributed by atoms with Crippen LogP contribution in [0, 0.1) is 5.92 Å². The zero-order valence-corrected chi connectivity index (χ0v) is 21.8. The van der Waals surface area contributed by atoms with Gasteiger partial charge in [-0.2, -0.15) is 5.10 Å². The van der Waals surface area contributed by atoms with Gasteiger partial charge in [-0.25, -0.2) is 9.48 Å². The Kier molecular flexibility index (Phi) is 6.47. The van der Waals surface area contributed by atoms with Crippen molar-refractivity contribution in [3.8, 4) is 22.6 Å². The topological polar surface area (TPSA) is 95.1 Å². The van der Waals surface area contributed by atoms with Crippen LogP contribution in [0.2, 0.25) is 0 Å². The van der Waals surface area contributed by atoms with E-state index < -0.39 is 5.97 Å². The Bertz CT molecular complexity index is 1450. The predicted octanol–water partition coefficient (Wildman–Crippen LogP) is 5.98. The number of aromatic carboxylic acids is 1. The van der Waals surface area contributed by atoms with Crippen LogP contribution in [0.15, 0.2) is 60.9 Å². The van der Waals surface area contributed by atoms with Crippen LogP contribution < -0.4 is 4.74 Å². The maximum atomic E-state index is 12.1. The van der Waals surface area contributed by atoms with Crippen LogP contribution in [0.4, 0.5) is 0 Å². The van der Waals surface area contributed by atoms with Crippen LogP contribution in [0.25, 0.3) is 16.8 Å². The van der Waals surface area contributed by atoms with Crippen molar-refractivity contribution < 1.29 is 14.6 Å². The lowest BCUT2D eigenvalue weighted by atomic mass is 9.86. The van der Waals surface area contributed by atoms with Crippen molar-refractivity contribution in [3.05, 3.63) is 77.9 Å². The molecule has 8 heteroatoms. The number of carboxylic acid groups (broad SMARTS) is 1. The molecule has 0 spiro atoms. The summed E-state index contributed by atoms with van der Waals surface area (Å²) in [6.45, 7) is 2.19. The first-order chi connectivity index (χ1) is 18.5. The fourth-order valence-electron chi connectivity index (χ4n) is 5.93. The molecule has 38 heavy (non-hydrogen) atoms. The first-order valence-electron chi connectivity index (χ1n) is 13.5. The molecule has 2 saturated carbocycles. The Morgan fingerprint density at radius 2 is 1.82 bits per heavy atom. The van der Waals surface area contributed by atoms with Gasteiger partial charge in [-0.15, -0.1) is 5.10 Å². The number of hydrogen-bond acceptors (Lipinski definition) is 5. The van der Waals surface area contributed by atoms with Gasteiger partial charge in [-0.3, -0.25) is 4.68 Å². The molecule has 2 aromatic carbocycles. The predicted molar refractivity (Wildman–Crippen MR) is 144 cm³/mol. The zero-order chi connectivity index (χ0) is 26.2. The van der Waals surface area contributed by atoms with Crippen molar-refractivity contribution in [2.45, 2.75) is 63.4 Å². The maximum Gasteiger partial charge on any atom is 0.339 e. The summed E-state index contributed by atoms with van der Waals surface area (Å²) in [6, 6.07) is 16.3. The molecule has 6 rings (SSSR count). The third kappa shape index (κ3) is 4.83. The highest BCUT2D eigenvalue weighted by Crippen LogP contribution is 2.55. The quantitative estimate of drug-likeness (QED) is 0.312. The van der Waals surface area contributed by atoms with Gasteiger partial charge in [0.1, 0.15) is 11.3 Å². The van der Waals surface area contributed by atoms with Crippen molar-refractivity contribution in [2.24, 2.45) is 13.0 Å². The van der Waals surface area contributed by atoms with Crippen LogP contribution in [-0.2, 0) is 7.05 Å². The van der Waals surface area contributed by atoms with E-state index in [-0.39, 0.29) is 23.5 Å². The molecule has 4 aromatic rings. The van der Waals surface area contributed by atoms with Gasteiger partial charge in [0, 0.05) is 25.1 Å². The Morgan fingerprint density at radius 1 is 1.05 bits per heavy atom. The second-order valence-corrected chi connectivity index (χ2v) is 10.7. The standard InChI is InChI=1S/C30H33N5O3/c1-19(20-8-4-3-5-9-20)38-24-13-7-11-22(15-24)21-10-6-12-23(14-21)35-29(27(17-31-35)30(36)37)26-16-25(26)28-18-34(2)33-32-28/h6-7,10-15,17-20,25-26H,3-5,8-9,16H2,1-2H3,(H,36,37)/t19-,25+,26?/m0/s1. The van der Waals surface area contributed by atoms with E-state index in [0.29, 0.717) is 11.6 Å². The summed E-state index contributed by atoms with van der Waals surface area (Å²) in [5.74, 6) is 0.695. The van der Waals surface area contributed by atoms with Crippen molar-refractivity contribution in [1.29, 1.82) is 0 Å². The lowest BCUT2D eigenvalue weighted by Gasteiger charge is -2.28. The van der Waals surface area contributed by atoms with Crippen LogP contribution in [0.5, 0.6) is 5.75 Å². The monoisotopic (exact) mass is 511 g/mol. The number of aryl methyl sites for hydroxylation is 1. The van der Waals surface area contributed by atoms with Crippen molar-refractivity contribution in [3.63, 3.8) is 0 Å². The molecule has 0 radical (unpaired) electrons. The van der Waals surface area contributed by atoms with E-state index >= 15 is 0 Å². The average molecular weight is 512 g/mol. The zero-order valence-electron chi connectivity index (χ0n) is 21.8. The molecule has 3 atom stereocenters. The lowest BCUT2D eigenvalue weighted by Crippen LogP contribution is -2.25. The smallest absolute Gasteiger partial charge is 0.339 e. The summed E-state index contributed by atoms with van der Waals surface area (Å²) in [4.78, 5) is 12.1. The number of aromatic nitrogens is 5. The molecule has 2 fully saturated rings. The highest BCUT2D eigenvalue weighted by Gasteiger charge is 2.46. The summed E-state index contributed by atoms with van der Waals surface area (Å²) < 4.78 is 9.83. The van der Waals surface area contributed by atoms with Crippen LogP contribution in [0.3, 0.4) is 0 Å². The van der Waals surface area contributed by atoms with E-state index in [1.54, 1.807) is 9.36 Å². The number of carbonyl (C=O) groups is 1. The van der Waals surface area contributed by atoms with E-state index in [9.17, 15) is 9.90 Å². The van der Waals surface area contributed by atoms with Gasteiger partial charge in [-0.05, 0) is 67.5 Å². The normalized spacial score (nSPS) is 20.3.